The number of benzene rings is 1. The average Bonchev–Trinajstić information content (AvgIpc) is 2.78. The van der Waals surface area contributed by atoms with E-state index in [0.29, 0.717) is 36.1 Å². The van der Waals surface area contributed by atoms with Gasteiger partial charge in [0.15, 0.2) is 0 Å². The van der Waals surface area contributed by atoms with Crippen LogP contribution in [0.25, 0.3) is 0 Å². The van der Waals surface area contributed by atoms with Gasteiger partial charge in [0.2, 0.25) is 5.96 Å². The smallest absolute Gasteiger partial charge is 0.417 e. The van der Waals surface area contributed by atoms with Gasteiger partial charge >= 0.3 is 6.18 Å². The lowest BCUT2D eigenvalue weighted by molar-refractivity contribution is -0.0937. The van der Waals surface area contributed by atoms with Gasteiger partial charge in [0, 0.05) is 31.7 Å². The molecule has 11 heteroatoms. The fraction of sp³-hybridized carbons (Fsp3) is 0.524. The van der Waals surface area contributed by atoms with Crippen molar-refractivity contribution >= 4 is 17.6 Å². The van der Waals surface area contributed by atoms with Crippen LogP contribution in [0, 0.1) is 0 Å². The number of carbonyl (C=O) groups excluding carboxylic acids is 1. The molecule has 0 bridgehead atoms. The highest BCUT2D eigenvalue weighted by Gasteiger charge is 2.38. The number of likely N-dealkylation sites (tertiary alicyclic amines) is 1. The summed E-state index contributed by atoms with van der Waals surface area (Å²) >= 11 is 0. The van der Waals surface area contributed by atoms with E-state index in [2.05, 4.69) is 25.8 Å². The second kappa shape index (κ2) is 9.68. The molecule has 0 spiro atoms. The largest absolute Gasteiger partial charge is 0.495 e. The minimum absolute atomic E-state index is 0.0737. The number of hydrogen-bond donors (Lipinski definition) is 3. The molecule has 3 N–H and O–H groups in total. The number of anilines is 1. The molecule has 176 valence electrons. The predicted molar refractivity (Wildman–Crippen MR) is 117 cm³/mol. The summed E-state index contributed by atoms with van der Waals surface area (Å²) in [4.78, 5) is 20.9. The van der Waals surface area contributed by atoms with E-state index < -0.39 is 18.3 Å². The number of alkyl halides is 3. The molecule has 0 radical (unpaired) electrons. The third-order valence-corrected chi connectivity index (χ3v) is 5.72. The van der Waals surface area contributed by atoms with Crippen molar-refractivity contribution in [3.8, 4) is 5.75 Å². The van der Waals surface area contributed by atoms with Gasteiger partial charge in [-0.2, -0.15) is 13.2 Å². The zero-order valence-electron chi connectivity index (χ0n) is 18.6. The van der Waals surface area contributed by atoms with Crippen molar-refractivity contribution < 1.29 is 22.7 Å². The topological polar surface area (TPSA) is 81.2 Å². The molecule has 1 fully saturated rings. The minimum atomic E-state index is -4.49. The van der Waals surface area contributed by atoms with Gasteiger partial charge in [-0.05, 0) is 45.1 Å². The first-order chi connectivity index (χ1) is 15.1. The summed E-state index contributed by atoms with van der Waals surface area (Å²) in [5.74, 6) is 0.294. The molecule has 2 aliphatic rings. The maximum Gasteiger partial charge on any atom is 0.417 e. The Morgan fingerprint density at radius 2 is 1.97 bits per heavy atom. The number of nitrogens with one attached hydrogen (secondary N) is 3. The molecule has 0 aromatic heterocycles. The standard InChI is InChI=1S/C21H29F3N6O2/c1-25-18-15(21(22,23)24)12-26-20(28-18)27-16-6-5-13(11-17(16)32-4)19(31)30-9-7-14(8-10-30)29(2)3/h5-6,11,14,25H,7-10,12H2,1-4H3,(H2,26,27,28). The number of ether oxygens (including phenoxy) is 1. The minimum Gasteiger partial charge on any atom is -0.495 e. The fourth-order valence-electron chi connectivity index (χ4n) is 3.81. The molecule has 1 saturated heterocycles. The van der Waals surface area contributed by atoms with Gasteiger partial charge in [-0.15, -0.1) is 0 Å². The van der Waals surface area contributed by atoms with Crippen LogP contribution in [0.3, 0.4) is 0 Å². The van der Waals surface area contributed by atoms with E-state index in [0.717, 1.165) is 12.8 Å². The van der Waals surface area contributed by atoms with Crippen molar-refractivity contribution in [2.45, 2.75) is 25.1 Å². The Morgan fingerprint density at radius 3 is 2.53 bits per heavy atom. The lowest BCUT2D eigenvalue weighted by Crippen LogP contribution is -2.44. The molecule has 2 heterocycles. The molecule has 0 unspecified atom stereocenters. The Bertz CT molecular complexity index is 905. The van der Waals surface area contributed by atoms with Gasteiger partial charge in [-0.3, -0.25) is 4.79 Å². The Balaban J connectivity index is 1.70. The van der Waals surface area contributed by atoms with Gasteiger partial charge in [-0.1, -0.05) is 0 Å². The quantitative estimate of drug-likeness (QED) is 0.633. The molecule has 8 nitrogen and oxygen atoms in total. The first kappa shape index (κ1) is 23.7. The van der Waals surface area contributed by atoms with Gasteiger partial charge in [0.05, 0.1) is 24.9 Å². The van der Waals surface area contributed by atoms with Crippen LogP contribution >= 0.6 is 0 Å². The summed E-state index contributed by atoms with van der Waals surface area (Å²) in [5.41, 5.74) is 0.188. The zero-order chi connectivity index (χ0) is 23.5. The van der Waals surface area contributed by atoms with E-state index in [1.807, 2.05) is 19.0 Å². The summed E-state index contributed by atoms with van der Waals surface area (Å²) in [5, 5.41) is 8.08. The molecule has 0 aliphatic carbocycles. The highest BCUT2D eigenvalue weighted by molar-refractivity contribution is 5.99. The van der Waals surface area contributed by atoms with Crippen LogP contribution in [0.15, 0.2) is 34.6 Å². The first-order valence-electron chi connectivity index (χ1n) is 10.3. The number of hydrogen-bond acceptors (Lipinski definition) is 7. The molecule has 1 aromatic rings. The van der Waals surface area contributed by atoms with Crippen molar-refractivity contribution in [2.24, 2.45) is 4.99 Å². The van der Waals surface area contributed by atoms with E-state index >= 15 is 0 Å². The molecule has 32 heavy (non-hydrogen) atoms. The third kappa shape index (κ3) is 5.26. The van der Waals surface area contributed by atoms with E-state index in [9.17, 15) is 18.0 Å². The molecule has 3 rings (SSSR count). The number of piperidine rings is 1. The second-order valence-electron chi connectivity index (χ2n) is 7.92. The van der Waals surface area contributed by atoms with E-state index in [1.54, 1.807) is 18.2 Å². The number of amides is 1. The molecular formula is C21H29F3N6O2. The first-order valence-corrected chi connectivity index (χ1v) is 10.3. The number of methoxy groups -OCH3 is 1. The van der Waals surface area contributed by atoms with Crippen LogP contribution in [0.4, 0.5) is 18.9 Å². The second-order valence-corrected chi connectivity index (χ2v) is 7.92. The normalized spacial score (nSPS) is 17.8. The number of halogens is 3. The summed E-state index contributed by atoms with van der Waals surface area (Å²) in [6.45, 7) is 0.855. The van der Waals surface area contributed by atoms with Crippen molar-refractivity contribution in [1.82, 2.24) is 20.4 Å². The predicted octanol–water partition coefficient (Wildman–Crippen LogP) is 2.23. The molecule has 2 aliphatic heterocycles. The molecule has 0 atom stereocenters. The van der Waals surface area contributed by atoms with Crippen molar-refractivity contribution in [3.63, 3.8) is 0 Å². The third-order valence-electron chi connectivity index (χ3n) is 5.72. The Hall–Kier alpha value is -2.95. The monoisotopic (exact) mass is 454 g/mol. The van der Waals surface area contributed by atoms with Crippen LogP contribution in [0.1, 0.15) is 23.2 Å². The average molecular weight is 454 g/mol. The number of aliphatic imine (C=N–C) groups is 1. The van der Waals surface area contributed by atoms with Crippen molar-refractivity contribution in [3.05, 3.63) is 35.2 Å². The lowest BCUT2D eigenvalue weighted by atomic mass is 10.0. The number of rotatable bonds is 5. The fourth-order valence-corrected chi connectivity index (χ4v) is 3.81. The summed E-state index contributed by atoms with van der Waals surface area (Å²) in [6.07, 6.45) is -2.65. The van der Waals surface area contributed by atoms with E-state index in [4.69, 9.17) is 4.74 Å². The highest BCUT2D eigenvalue weighted by atomic mass is 19.4. The van der Waals surface area contributed by atoms with Crippen LogP contribution in [-0.4, -0.2) is 81.8 Å². The summed E-state index contributed by atoms with van der Waals surface area (Å²) in [6, 6.07) is 5.43. The van der Waals surface area contributed by atoms with Crippen LogP contribution in [-0.2, 0) is 0 Å². The molecular weight excluding hydrogens is 425 g/mol. The van der Waals surface area contributed by atoms with Gasteiger partial charge in [0.1, 0.15) is 11.6 Å². The van der Waals surface area contributed by atoms with Gasteiger partial charge < -0.3 is 30.5 Å². The van der Waals surface area contributed by atoms with E-state index in [1.165, 1.54) is 14.2 Å². The lowest BCUT2D eigenvalue weighted by Gasteiger charge is -2.35. The van der Waals surface area contributed by atoms with Crippen LogP contribution in [0.5, 0.6) is 5.75 Å². The summed E-state index contributed by atoms with van der Waals surface area (Å²) in [7, 11) is 6.96. The zero-order valence-corrected chi connectivity index (χ0v) is 18.6. The number of guanidine groups is 1. The maximum absolute atomic E-state index is 13.1. The Kier molecular flexibility index (Phi) is 7.17. The van der Waals surface area contributed by atoms with Crippen molar-refractivity contribution in [1.29, 1.82) is 0 Å². The highest BCUT2D eigenvalue weighted by Crippen LogP contribution is 2.30. The SMILES string of the molecule is CNC1=C(C(F)(F)F)CN=C(Nc2ccc(C(=O)N3CCC(N(C)C)CC3)cc2OC)N1. The summed E-state index contributed by atoms with van der Waals surface area (Å²) < 4.78 is 44.7. The number of nitrogens with zero attached hydrogens (tertiary/aromatic N) is 3. The van der Waals surface area contributed by atoms with Crippen molar-refractivity contribution in [2.75, 3.05) is 53.2 Å². The molecule has 1 amide bonds. The Labute approximate surface area is 185 Å². The van der Waals surface area contributed by atoms with Gasteiger partial charge in [-0.25, -0.2) is 4.99 Å². The van der Waals surface area contributed by atoms with Crippen LogP contribution < -0.4 is 20.7 Å². The molecule has 0 saturated carbocycles. The van der Waals surface area contributed by atoms with Gasteiger partial charge in [0.25, 0.3) is 5.91 Å². The molecule has 1 aromatic carbocycles. The Morgan fingerprint density at radius 1 is 1.28 bits per heavy atom. The van der Waals surface area contributed by atoms with E-state index in [-0.39, 0.29) is 17.7 Å². The number of carbonyl (C=O) groups is 1. The van der Waals surface area contributed by atoms with Crippen LogP contribution in [0.2, 0.25) is 0 Å². The maximum atomic E-state index is 13.1.